The Labute approximate surface area is 158 Å². The van der Waals surface area contributed by atoms with Crippen LogP contribution in [0.1, 0.15) is 77.6 Å². The molecule has 0 saturated heterocycles. The van der Waals surface area contributed by atoms with E-state index in [9.17, 15) is 5.02 Å². The molecule has 0 heterocycles. The van der Waals surface area contributed by atoms with Gasteiger partial charge < -0.3 is 9.68 Å². The average molecular weight is 349 g/mol. The molecule has 0 amide bonds. The van der Waals surface area contributed by atoms with E-state index in [1.807, 2.05) is 0 Å². The van der Waals surface area contributed by atoms with Crippen LogP contribution in [0, 0.1) is 0 Å². The third-order valence-electron chi connectivity index (χ3n) is 5.65. The summed E-state index contributed by atoms with van der Waals surface area (Å²) in [5.41, 5.74) is 7.45. The van der Waals surface area contributed by atoms with E-state index in [0.29, 0.717) is 0 Å². The first-order chi connectivity index (χ1) is 11.9. The minimum Gasteiger partial charge on any atom is -0.537 e. The minimum absolute atomic E-state index is 0.00399. The molecule has 1 radical (unpaired) electrons. The summed E-state index contributed by atoms with van der Waals surface area (Å²) < 4.78 is 5.56. The Morgan fingerprint density at radius 2 is 1.42 bits per heavy atom. The molecule has 0 fully saturated rings. The lowest BCUT2D eigenvalue weighted by Gasteiger charge is -2.27. The molecule has 1 aliphatic rings. The Bertz CT molecular complexity index is 852. The molecule has 0 aliphatic heterocycles. The van der Waals surface area contributed by atoms with Crippen molar-refractivity contribution in [2.75, 3.05) is 0 Å². The molecule has 1 aliphatic carbocycles. The van der Waals surface area contributed by atoms with Crippen molar-refractivity contribution in [2.24, 2.45) is 0 Å². The molecule has 0 atom stereocenters. The van der Waals surface area contributed by atoms with Gasteiger partial charge in [-0.05, 0) is 44.7 Å². The van der Waals surface area contributed by atoms with Crippen LogP contribution in [0.5, 0.6) is 5.75 Å². The summed E-state index contributed by atoms with van der Waals surface area (Å²) in [6.07, 6.45) is 0. The van der Waals surface area contributed by atoms with Crippen molar-refractivity contribution >= 4 is 7.69 Å². The van der Waals surface area contributed by atoms with E-state index in [1.54, 1.807) is 0 Å². The maximum absolute atomic E-state index is 9.33. The third-order valence-corrected chi connectivity index (χ3v) is 5.65. The Balaban J connectivity index is 2.31. The van der Waals surface area contributed by atoms with Gasteiger partial charge >= 0.3 is 7.69 Å². The molecule has 2 aromatic carbocycles. The average Bonchev–Trinajstić information content (AvgIpc) is 2.74. The van der Waals surface area contributed by atoms with Crippen molar-refractivity contribution in [3.05, 3.63) is 52.6 Å². The molecule has 1 N–H and O–H groups in total. The molecule has 0 saturated carbocycles. The molecular formula is C23H30BO2. The van der Waals surface area contributed by atoms with E-state index < -0.39 is 0 Å². The molecular weight excluding hydrogens is 319 g/mol. The fraction of sp³-hybridized carbons (Fsp3) is 0.478. The Kier molecular flexibility index (Phi) is 4.31. The summed E-state index contributed by atoms with van der Waals surface area (Å²) in [5, 5.41) is 9.33. The van der Waals surface area contributed by atoms with Gasteiger partial charge in [0.15, 0.2) is 0 Å². The van der Waals surface area contributed by atoms with Crippen LogP contribution in [0.15, 0.2) is 30.3 Å². The second-order valence-corrected chi connectivity index (χ2v) is 10.0. The summed E-state index contributed by atoms with van der Waals surface area (Å²) in [6, 6.07) is 11.2. The number of hydrogen-bond acceptors (Lipinski definition) is 2. The van der Waals surface area contributed by atoms with Crippen molar-refractivity contribution in [2.45, 2.75) is 71.6 Å². The maximum Gasteiger partial charge on any atom is 0.569 e. The van der Waals surface area contributed by atoms with Gasteiger partial charge in [-0.25, -0.2) is 0 Å². The highest BCUT2D eigenvalue weighted by Gasteiger charge is 2.39. The standard InChI is InChI=1S/C23H30BO2/c1-21(2,3)14-9-10-16-17(11-14)23(7,8)18-12-15(22(4,5)6)13-19(20(16)18)26-24-25/h9-13,25H,1-8H3. The summed E-state index contributed by atoms with van der Waals surface area (Å²) in [6.45, 7) is 17.9. The second-order valence-electron chi connectivity index (χ2n) is 10.0. The van der Waals surface area contributed by atoms with E-state index >= 15 is 0 Å². The Morgan fingerprint density at radius 3 is 1.96 bits per heavy atom. The highest BCUT2D eigenvalue weighted by atomic mass is 16.5. The number of rotatable bonds is 2. The zero-order chi connectivity index (χ0) is 19.5. The normalized spacial score (nSPS) is 15.4. The molecule has 0 unspecified atom stereocenters. The fourth-order valence-corrected chi connectivity index (χ4v) is 3.86. The van der Waals surface area contributed by atoms with Crippen LogP contribution in [-0.4, -0.2) is 12.7 Å². The van der Waals surface area contributed by atoms with E-state index in [4.69, 9.17) is 4.65 Å². The summed E-state index contributed by atoms with van der Waals surface area (Å²) in [5.74, 6) is 0.727. The molecule has 2 aromatic rings. The van der Waals surface area contributed by atoms with Crippen LogP contribution in [-0.2, 0) is 16.2 Å². The van der Waals surface area contributed by atoms with E-state index in [-0.39, 0.29) is 16.2 Å². The van der Waals surface area contributed by atoms with Crippen molar-refractivity contribution in [1.82, 2.24) is 0 Å². The topological polar surface area (TPSA) is 29.5 Å². The van der Waals surface area contributed by atoms with Crippen molar-refractivity contribution in [3.63, 3.8) is 0 Å². The Morgan fingerprint density at radius 1 is 0.846 bits per heavy atom. The van der Waals surface area contributed by atoms with Crippen LogP contribution in [0.25, 0.3) is 11.1 Å². The quantitative estimate of drug-likeness (QED) is 0.726. The molecule has 137 valence electrons. The molecule has 0 bridgehead atoms. The predicted molar refractivity (Wildman–Crippen MR) is 110 cm³/mol. The lowest BCUT2D eigenvalue weighted by Crippen LogP contribution is -2.19. The largest absolute Gasteiger partial charge is 0.569 e. The van der Waals surface area contributed by atoms with Gasteiger partial charge in [0.05, 0.1) is 0 Å². The molecule has 3 rings (SSSR count). The Hall–Kier alpha value is -1.74. The van der Waals surface area contributed by atoms with Crippen LogP contribution in [0.4, 0.5) is 0 Å². The summed E-state index contributed by atoms with van der Waals surface area (Å²) >= 11 is 0. The van der Waals surface area contributed by atoms with Gasteiger partial charge in [0.2, 0.25) is 0 Å². The fourth-order valence-electron chi connectivity index (χ4n) is 3.86. The lowest BCUT2D eigenvalue weighted by molar-refractivity contribution is 0.452. The first kappa shape index (κ1) is 19.0. The van der Waals surface area contributed by atoms with Gasteiger partial charge in [0, 0.05) is 11.0 Å². The summed E-state index contributed by atoms with van der Waals surface area (Å²) in [4.78, 5) is 0. The molecule has 26 heavy (non-hydrogen) atoms. The van der Waals surface area contributed by atoms with Crippen molar-refractivity contribution in [1.29, 1.82) is 0 Å². The molecule has 3 heteroatoms. The molecule has 0 spiro atoms. The zero-order valence-corrected chi connectivity index (χ0v) is 17.3. The number of benzene rings is 2. The van der Waals surface area contributed by atoms with Gasteiger partial charge in [-0.3, -0.25) is 0 Å². The minimum atomic E-state index is -0.110. The number of hydrogen-bond donors (Lipinski definition) is 1. The van der Waals surface area contributed by atoms with Crippen LogP contribution in [0.2, 0.25) is 0 Å². The van der Waals surface area contributed by atoms with E-state index in [1.165, 1.54) is 27.8 Å². The molecule has 2 nitrogen and oxygen atoms in total. The predicted octanol–water partition coefficient (Wildman–Crippen LogP) is 5.49. The van der Waals surface area contributed by atoms with Crippen LogP contribution in [0.3, 0.4) is 0 Å². The van der Waals surface area contributed by atoms with Gasteiger partial charge in [-0.1, -0.05) is 79.7 Å². The SMILES string of the molecule is CC(C)(C)c1ccc2c(c1)C(C)(C)c1cc(C(C)(C)C)cc(O[B]O)c1-2. The van der Waals surface area contributed by atoms with E-state index in [2.05, 4.69) is 85.7 Å². The van der Waals surface area contributed by atoms with Gasteiger partial charge in [0.25, 0.3) is 0 Å². The maximum atomic E-state index is 9.33. The first-order valence-electron chi connectivity index (χ1n) is 9.34. The lowest BCUT2D eigenvalue weighted by atomic mass is 9.77. The van der Waals surface area contributed by atoms with E-state index in [0.717, 1.165) is 19.0 Å². The second kappa shape index (κ2) is 5.89. The molecule has 0 aromatic heterocycles. The number of fused-ring (bicyclic) bond motifs is 3. The smallest absolute Gasteiger partial charge is 0.537 e. The van der Waals surface area contributed by atoms with Crippen molar-refractivity contribution in [3.8, 4) is 16.9 Å². The van der Waals surface area contributed by atoms with Crippen molar-refractivity contribution < 1.29 is 9.68 Å². The third kappa shape index (κ3) is 2.97. The zero-order valence-electron chi connectivity index (χ0n) is 17.3. The summed E-state index contributed by atoms with van der Waals surface area (Å²) in [7, 11) is 0.788. The van der Waals surface area contributed by atoms with Crippen LogP contribution >= 0.6 is 0 Å². The van der Waals surface area contributed by atoms with Gasteiger partial charge in [-0.2, -0.15) is 0 Å². The van der Waals surface area contributed by atoms with Gasteiger partial charge in [-0.15, -0.1) is 0 Å². The highest BCUT2D eigenvalue weighted by molar-refractivity contribution is 6.17. The van der Waals surface area contributed by atoms with Crippen LogP contribution < -0.4 is 4.65 Å². The van der Waals surface area contributed by atoms with Gasteiger partial charge in [0.1, 0.15) is 5.75 Å². The highest BCUT2D eigenvalue weighted by Crippen LogP contribution is 2.54. The monoisotopic (exact) mass is 349 g/mol. The first-order valence-corrected chi connectivity index (χ1v) is 9.34.